The maximum atomic E-state index is 13.0. The Bertz CT molecular complexity index is 784. The van der Waals surface area contributed by atoms with E-state index in [2.05, 4.69) is 14.9 Å². The molecular formula is C17H17F6N3O. The number of alkyl halides is 6. The number of fused-ring (bicyclic) bond motifs is 1. The zero-order chi connectivity index (χ0) is 20.2. The molecule has 1 aliphatic rings. The van der Waals surface area contributed by atoms with Crippen LogP contribution in [0.15, 0.2) is 35.6 Å². The topological polar surface area (TPSA) is 39.9 Å². The molecule has 0 bridgehead atoms. The van der Waals surface area contributed by atoms with Gasteiger partial charge in [0.05, 0.1) is 0 Å². The van der Waals surface area contributed by atoms with Gasteiger partial charge in [-0.1, -0.05) is 19.1 Å². The van der Waals surface area contributed by atoms with E-state index < -0.39 is 24.3 Å². The lowest BCUT2D eigenvalue weighted by Gasteiger charge is -2.14. The number of nitrogens with zero attached hydrogens (tertiary/aromatic N) is 3. The molecule has 0 fully saturated rings. The highest BCUT2D eigenvalue weighted by Gasteiger charge is 2.38. The third-order valence-electron chi connectivity index (χ3n) is 3.53. The summed E-state index contributed by atoms with van der Waals surface area (Å²) in [5.41, 5.74) is 0.589. The van der Waals surface area contributed by atoms with Gasteiger partial charge in [0.2, 0.25) is 5.82 Å². The highest BCUT2D eigenvalue weighted by molar-refractivity contribution is 5.51. The normalized spacial score (nSPS) is 16.9. The van der Waals surface area contributed by atoms with Crippen LogP contribution >= 0.6 is 0 Å². The highest BCUT2D eigenvalue weighted by atomic mass is 19.4. The summed E-state index contributed by atoms with van der Waals surface area (Å²) in [4.78, 5) is 0. The van der Waals surface area contributed by atoms with Gasteiger partial charge in [0.25, 0.3) is 0 Å². The number of hydrogen-bond acceptors (Lipinski definition) is 3. The first-order valence-corrected chi connectivity index (χ1v) is 7.98. The average Bonchev–Trinajstić information content (AvgIpc) is 2.79. The van der Waals surface area contributed by atoms with Crippen molar-refractivity contribution in [2.24, 2.45) is 5.92 Å². The molecule has 4 nitrogen and oxygen atoms in total. The second-order valence-corrected chi connectivity index (χ2v) is 5.94. The lowest BCUT2D eigenvalue weighted by molar-refractivity contribution is -0.303. The van der Waals surface area contributed by atoms with E-state index in [0.717, 1.165) is 4.57 Å². The molecule has 1 unspecified atom stereocenters. The summed E-state index contributed by atoms with van der Waals surface area (Å²) >= 11 is 0. The van der Waals surface area contributed by atoms with E-state index in [1.807, 2.05) is 0 Å². The minimum absolute atomic E-state index is 0.0375. The van der Waals surface area contributed by atoms with Crippen LogP contribution < -0.4 is 0 Å². The lowest BCUT2D eigenvalue weighted by Crippen LogP contribution is -2.13. The molecular weight excluding hydrogens is 376 g/mol. The summed E-state index contributed by atoms with van der Waals surface area (Å²) < 4.78 is 81.2. The molecule has 0 aliphatic carbocycles. The van der Waals surface area contributed by atoms with E-state index in [0.29, 0.717) is 12.0 Å². The predicted molar refractivity (Wildman–Crippen MR) is 86.8 cm³/mol. The van der Waals surface area contributed by atoms with Crippen molar-refractivity contribution >= 4 is 12.3 Å². The van der Waals surface area contributed by atoms with Crippen molar-refractivity contribution in [3.8, 4) is 0 Å². The van der Waals surface area contributed by atoms with Gasteiger partial charge in [-0.15, -0.1) is 23.4 Å². The molecule has 1 atom stereocenters. The number of rotatable bonds is 5. The molecule has 27 heavy (non-hydrogen) atoms. The van der Waals surface area contributed by atoms with Crippen molar-refractivity contribution < 1.29 is 31.1 Å². The molecule has 2 rings (SSSR count). The molecule has 0 saturated heterocycles. The van der Waals surface area contributed by atoms with Crippen LogP contribution in [0.1, 0.15) is 38.3 Å². The van der Waals surface area contributed by atoms with Crippen LogP contribution in [0.5, 0.6) is 0 Å². The molecule has 2 heterocycles. The van der Waals surface area contributed by atoms with Crippen LogP contribution in [0.4, 0.5) is 26.3 Å². The Morgan fingerprint density at radius 3 is 2.56 bits per heavy atom. The zero-order valence-corrected chi connectivity index (χ0v) is 14.5. The molecule has 0 amide bonds. The third kappa shape index (κ3) is 6.00. The highest BCUT2D eigenvalue weighted by Crippen LogP contribution is 2.31. The van der Waals surface area contributed by atoms with Gasteiger partial charge in [-0.25, -0.2) is 0 Å². The zero-order valence-electron chi connectivity index (χ0n) is 14.5. The number of ether oxygens (including phenoxy) is 1. The Labute approximate surface area is 151 Å². The molecule has 1 aromatic heterocycles. The first-order chi connectivity index (χ1) is 12.5. The predicted octanol–water partition coefficient (Wildman–Crippen LogP) is 5.58. The molecule has 1 aliphatic heterocycles. The fourth-order valence-electron chi connectivity index (χ4n) is 2.60. The minimum atomic E-state index is -4.83. The fourth-order valence-corrected chi connectivity index (χ4v) is 2.60. The Hall–Kier alpha value is -2.52. The summed E-state index contributed by atoms with van der Waals surface area (Å²) in [6.45, 7) is 3.19. The maximum absolute atomic E-state index is 13.0. The van der Waals surface area contributed by atoms with Crippen molar-refractivity contribution in [3.05, 3.63) is 47.3 Å². The van der Waals surface area contributed by atoms with Gasteiger partial charge < -0.3 is 4.74 Å². The quantitative estimate of drug-likeness (QED) is 0.373. The first kappa shape index (κ1) is 20.8. The average molecular weight is 393 g/mol. The van der Waals surface area contributed by atoms with Crippen LogP contribution in [0, 0.1) is 5.92 Å². The molecule has 1 aromatic rings. The molecule has 10 heteroatoms. The Kier molecular flexibility index (Phi) is 6.17. The van der Waals surface area contributed by atoms with Crippen molar-refractivity contribution in [1.82, 2.24) is 14.8 Å². The molecule has 0 radical (unpaired) electrons. The first-order valence-electron chi connectivity index (χ1n) is 7.98. The molecule has 0 aromatic carbocycles. The standard InChI is InChI=1S/C17H17F6N3O/c1-3-5-13(27-17(21,22)23)9-11(2)8-12-6-4-7-14-24-25-15(16(18,19)20)26(14)10-12/h3-5,7,9-11H,6,8H2,1-2H3/b5-3-,13-9+. The number of hydrogen-bond donors (Lipinski definition) is 0. The molecule has 0 saturated carbocycles. The summed E-state index contributed by atoms with van der Waals surface area (Å²) in [5, 5.41) is 6.67. The van der Waals surface area contributed by atoms with Crippen molar-refractivity contribution in [1.29, 1.82) is 0 Å². The van der Waals surface area contributed by atoms with Crippen LogP contribution in [-0.2, 0) is 10.9 Å². The number of allylic oxidation sites excluding steroid dienone is 5. The SMILES string of the molecule is C/C=C\C(=C/C(C)CC1=Cn2c(nnc2C(F)(F)F)C=CC1)OC(F)(F)F. The lowest BCUT2D eigenvalue weighted by atomic mass is 9.98. The van der Waals surface area contributed by atoms with Crippen molar-refractivity contribution in [2.75, 3.05) is 0 Å². The number of aromatic nitrogens is 3. The Morgan fingerprint density at radius 2 is 1.96 bits per heavy atom. The largest absolute Gasteiger partial charge is 0.573 e. The van der Waals surface area contributed by atoms with Crippen molar-refractivity contribution in [3.63, 3.8) is 0 Å². The van der Waals surface area contributed by atoms with Gasteiger partial charge in [-0.3, -0.25) is 4.57 Å². The van der Waals surface area contributed by atoms with Gasteiger partial charge in [-0.2, -0.15) is 13.2 Å². The van der Waals surface area contributed by atoms with Gasteiger partial charge in [0, 0.05) is 6.20 Å². The van der Waals surface area contributed by atoms with Crippen LogP contribution in [0.2, 0.25) is 0 Å². The second kappa shape index (κ2) is 8.01. The third-order valence-corrected chi connectivity index (χ3v) is 3.53. The molecule has 0 N–H and O–H groups in total. The second-order valence-electron chi connectivity index (χ2n) is 5.94. The maximum Gasteiger partial charge on any atom is 0.573 e. The van der Waals surface area contributed by atoms with Crippen LogP contribution in [0.25, 0.3) is 12.3 Å². The van der Waals surface area contributed by atoms with E-state index in [-0.39, 0.29) is 18.0 Å². The van der Waals surface area contributed by atoms with E-state index in [1.165, 1.54) is 30.5 Å². The summed E-state index contributed by atoms with van der Waals surface area (Å²) in [6.07, 6.45) is -0.728. The van der Waals surface area contributed by atoms with Gasteiger partial charge in [0.1, 0.15) is 5.76 Å². The molecule has 148 valence electrons. The number of halogens is 6. The van der Waals surface area contributed by atoms with Crippen molar-refractivity contribution in [2.45, 2.75) is 39.2 Å². The van der Waals surface area contributed by atoms with Gasteiger partial charge in [0.15, 0.2) is 5.82 Å². The minimum Gasteiger partial charge on any atom is -0.406 e. The summed E-state index contributed by atoms with van der Waals surface area (Å²) in [5.74, 6) is -1.90. The van der Waals surface area contributed by atoms with E-state index >= 15 is 0 Å². The van der Waals surface area contributed by atoms with Gasteiger partial charge in [-0.05, 0) is 49.5 Å². The smallest absolute Gasteiger partial charge is 0.406 e. The fraction of sp³-hybridized carbons (Fsp3) is 0.412. The van der Waals surface area contributed by atoms with E-state index in [1.54, 1.807) is 19.9 Å². The molecule has 0 spiro atoms. The summed E-state index contributed by atoms with van der Waals surface area (Å²) in [6, 6.07) is 0. The monoisotopic (exact) mass is 393 g/mol. The Morgan fingerprint density at radius 1 is 1.26 bits per heavy atom. The summed E-state index contributed by atoms with van der Waals surface area (Å²) in [7, 11) is 0. The van der Waals surface area contributed by atoms with Crippen LogP contribution in [-0.4, -0.2) is 21.1 Å². The van der Waals surface area contributed by atoms with Crippen LogP contribution in [0.3, 0.4) is 0 Å². The van der Waals surface area contributed by atoms with E-state index in [9.17, 15) is 26.3 Å². The van der Waals surface area contributed by atoms with E-state index in [4.69, 9.17) is 0 Å². The van der Waals surface area contributed by atoms with Gasteiger partial charge >= 0.3 is 12.5 Å². The Balaban J connectivity index is 2.25.